The molecule has 482 valence electrons. The summed E-state index contributed by atoms with van der Waals surface area (Å²) in [6.07, 6.45) is -4.59. The average molecular weight is 1360 g/mol. The van der Waals surface area contributed by atoms with Crippen LogP contribution in [0.3, 0.4) is 0 Å². The maximum absolute atomic E-state index is 14.4. The van der Waals surface area contributed by atoms with E-state index in [-0.39, 0.29) is 89.2 Å². The Hall–Kier alpha value is -7.12. The van der Waals surface area contributed by atoms with E-state index in [2.05, 4.69) is 61.4 Å². The zero-order valence-corrected chi connectivity index (χ0v) is 51.7. The lowest BCUT2D eigenvalue weighted by molar-refractivity contribution is -0.150. The first-order valence-corrected chi connectivity index (χ1v) is 30.0. The second kappa shape index (κ2) is 38.9. The number of nitrogens with one attached hydrogen (secondary N) is 12. The number of hydrogen-bond donors (Lipinski definition) is 18. The van der Waals surface area contributed by atoms with Gasteiger partial charge in [0.25, 0.3) is 11.1 Å². The number of halogens is 1. The van der Waals surface area contributed by atoms with Crippen LogP contribution in [-0.4, -0.2) is 186 Å². The predicted molar refractivity (Wildman–Crippen MR) is 326 cm³/mol. The molecule has 0 saturated carbocycles. The molecular weight excluding hydrogens is 1270 g/mol. The second-order valence-corrected chi connectivity index (χ2v) is 22.1. The first-order valence-electron chi connectivity index (χ1n) is 28.1. The zero-order valence-electron chi connectivity index (χ0n) is 48.8. The molecule has 3 rings (SSSR count). The number of hydrogen-bond acceptors (Lipinski definition) is 21. The van der Waals surface area contributed by atoms with Crippen LogP contribution in [0.1, 0.15) is 77.3 Å². The summed E-state index contributed by atoms with van der Waals surface area (Å²) in [6.45, 7) is 4.56. The second-order valence-electron chi connectivity index (χ2n) is 20.7. The van der Waals surface area contributed by atoms with Crippen molar-refractivity contribution in [2.75, 3.05) is 32.7 Å². The number of esters is 1. The lowest BCUT2D eigenvalue weighted by atomic mass is 10.00. The Kier molecular flexibility index (Phi) is 33.2. The number of benzene rings is 2. The molecule has 2 aromatic carbocycles. The molecule has 0 aliphatic carbocycles. The summed E-state index contributed by atoms with van der Waals surface area (Å²) in [5, 5.41) is 45.1. The van der Waals surface area contributed by atoms with Gasteiger partial charge in [0.15, 0.2) is 6.04 Å². The number of aliphatic hydroxyl groups excluding tert-OH is 2. The van der Waals surface area contributed by atoms with Gasteiger partial charge in [-0.1, -0.05) is 74.5 Å². The minimum absolute atomic E-state index is 0.0343. The van der Waals surface area contributed by atoms with E-state index in [1.54, 1.807) is 97.4 Å². The lowest BCUT2D eigenvalue weighted by Gasteiger charge is -2.28. The Bertz CT molecular complexity index is 2630. The van der Waals surface area contributed by atoms with Gasteiger partial charge in [-0.25, -0.2) is 8.32 Å². The van der Waals surface area contributed by atoms with Crippen LogP contribution in [-0.2, 0) is 70.5 Å². The van der Waals surface area contributed by atoms with E-state index >= 15 is 0 Å². The van der Waals surface area contributed by atoms with Crippen molar-refractivity contribution in [2.24, 2.45) is 28.9 Å². The zero-order chi connectivity index (χ0) is 64.8. The molecule has 12 atom stereocenters. The molecular formula is C54H83IN16O15S. The summed E-state index contributed by atoms with van der Waals surface area (Å²) in [6, 6.07) is 1.80. The average Bonchev–Trinajstić information content (AvgIpc) is 3.70. The number of amides is 11. The van der Waals surface area contributed by atoms with Gasteiger partial charge in [0.2, 0.25) is 53.2 Å². The molecule has 0 spiro atoms. The lowest BCUT2D eigenvalue weighted by Crippen LogP contribution is -2.61. The fraction of sp³-hybridized carbons (Fsp3) is 0.556. The van der Waals surface area contributed by atoms with Crippen LogP contribution in [0.4, 0.5) is 4.79 Å². The molecule has 1 saturated heterocycles. The third-order valence-electron chi connectivity index (χ3n) is 13.2. The van der Waals surface area contributed by atoms with Crippen molar-refractivity contribution in [1.29, 1.82) is 0 Å². The standard InChI is InChI=1S/C54H83IN16O15S/c1-28(2)25-38-48(79)63-33(15-20-56)43(74)62-35(17-22-58)46(77)68-40(29(3)72)50(81)60-24-19-37(45(76)61-34(16-21-57)44(75)66-39(49(80)65-38)26-31-11-7-5-8-12-31)67-54(85)87-71-52(83)41(30(4)73)69-47(78)36(18-23-59)64-51(82)42(70-55)53(84)86-27-32-13-9-6-10-14-32/h5-14,28-30,33-42,70,72-73H,15-27,56-59H2,1-4H3,(H,60,81)(H,61,76)(H,62,74)(H,63,79)(H,64,82)(H,65,80)(H,66,75)(H,67,85)(H,68,77)(H,69,78)(H,71,83)/t29-,30-,33+,34+,35+,36+,37+,38+,39-,40+,41+,42-/m1/s1. The highest BCUT2D eigenvalue weighted by molar-refractivity contribution is 14.1. The Morgan fingerprint density at radius 1 is 0.621 bits per heavy atom. The van der Waals surface area contributed by atoms with Gasteiger partial charge in [-0.3, -0.25) is 57.5 Å². The highest BCUT2D eigenvalue weighted by atomic mass is 127. The molecule has 87 heavy (non-hydrogen) atoms. The molecule has 0 aromatic heterocycles. The summed E-state index contributed by atoms with van der Waals surface area (Å²) in [7, 11) is 0. The fourth-order valence-electron chi connectivity index (χ4n) is 8.50. The van der Waals surface area contributed by atoms with Gasteiger partial charge in [0, 0.05) is 35.8 Å². The topological polar surface area (TPSA) is 503 Å². The van der Waals surface area contributed by atoms with E-state index in [4.69, 9.17) is 27.7 Å². The van der Waals surface area contributed by atoms with Gasteiger partial charge >= 0.3 is 5.97 Å². The summed E-state index contributed by atoms with van der Waals surface area (Å²) in [5.74, 6) is -10.9. The summed E-state index contributed by atoms with van der Waals surface area (Å²) < 4.78 is 9.93. The number of carbonyl (C=O) groups is 12. The van der Waals surface area contributed by atoms with Crippen molar-refractivity contribution < 1.29 is 72.5 Å². The smallest absolute Gasteiger partial charge is 0.334 e. The van der Waals surface area contributed by atoms with Gasteiger partial charge in [-0.15, -0.1) is 0 Å². The van der Waals surface area contributed by atoms with Crippen LogP contribution in [0.15, 0.2) is 60.7 Å². The van der Waals surface area contributed by atoms with Crippen LogP contribution in [0.2, 0.25) is 0 Å². The Morgan fingerprint density at radius 3 is 1.62 bits per heavy atom. The Morgan fingerprint density at radius 2 is 1.11 bits per heavy atom. The fourth-order valence-corrected chi connectivity index (χ4v) is 9.56. The van der Waals surface area contributed by atoms with Crippen molar-refractivity contribution >= 4 is 105 Å². The van der Waals surface area contributed by atoms with Crippen LogP contribution < -0.4 is 84.4 Å². The van der Waals surface area contributed by atoms with Crippen LogP contribution in [0.25, 0.3) is 0 Å². The highest BCUT2D eigenvalue weighted by Gasteiger charge is 2.37. The van der Waals surface area contributed by atoms with E-state index in [9.17, 15) is 67.7 Å². The van der Waals surface area contributed by atoms with E-state index in [0.717, 1.165) is 6.92 Å². The number of ether oxygens (including phenoxy) is 1. The van der Waals surface area contributed by atoms with Crippen LogP contribution in [0.5, 0.6) is 0 Å². The van der Waals surface area contributed by atoms with E-state index in [1.165, 1.54) is 6.92 Å². The van der Waals surface area contributed by atoms with Crippen molar-refractivity contribution in [3.63, 3.8) is 0 Å². The molecule has 0 unspecified atom stereocenters. The molecule has 1 aliphatic heterocycles. The molecule has 33 heteroatoms. The summed E-state index contributed by atoms with van der Waals surface area (Å²) in [4.78, 5) is 166. The third kappa shape index (κ3) is 25.6. The van der Waals surface area contributed by atoms with E-state index in [0.29, 0.717) is 11.1 Å². The Labute approximate surface area is 521 Å². The van der Waals surface area contributed by atoms with Gasteiger partial charge in [-0.2, -0.15) is 0 Å². The molecule has 31 nitrogen and oxygen atoms in total. The van der Waals surface area contributed by atoms with E-state index in [1.807, 2.05) is 0 Å². The quantitative estimate of drug-likeness (QED) is 0.0153. The largest absolute Gasteiger partial charge is 0.459 e. The SMILES string of the molecule is CC(C)C[C@@H]1NC(=O)[C@@H](Cc2ccccc2)NC(=O)[C@H](CCN)NC(=O)[C@@H](NC(=O)SNC(=O)[C@@H](NC(=O)[C@H](CCN)NC(=O)[C@@H](NI)C(=O)OCc2ccccc2)[C@@H](C)O)CCNC(=O)[C@H]([C@@H](C)O)NC(=O)[C@H](CCN)NC(=O)[C@H](CCN)NC1=O. The minimum Gasteiger partial charge on any atom is -0.459 e. The van der Waals surface area contributed by atoms with Crippen molar-refractivity contribution in [1.82, 2.24) is 61.4 Å². The summed E-state index contributed by atoms with van der Waals surface area (Å²) >= 11 is 1.61. The highest BCUT2D eigenvalue weighted by Crippen LogP contribution is 2.12. The van der Waals surface area contributed by atoms with Crippen LogP contribution >= 0.6 is 34.8 Å². The van der Waals surface area contributed by atoms with Gasteiger partial charge in [0.05, 0.1) is 24.2 Å². The molecule has 1 heterocycles. The van der Waals surface area contributed by atoms with Crippen LogP contribution in [0, 0.1) is 5.92 Å². The number of rotatable bonds is 24. The predicted octanol–water partition coefficient (Wildman–Crippen LogP) is -5.28. The monoisotopic (exact) mass is 1350 g/mol. The first kappa shape index (κ1) is 74.1. The van der Waals surface area contributed by atoms with Crippen molar-refractivity contribution in [3.05, 3.63) is 71.8 Å². The minimum atomic E-state index is -1.80. The third-order valence-corrected chi connectivity index (χ3v) is 14.4. The maximum Gasteiger partial charge on any atom is 0.334 e. The molecule has 0 bridgehead atoms. The number of aliphatic hydroxyl groups is 2. The van der Waals surface area contributed by atoms with Gasteiger partial charge in [-0.05, 0) is 95.6 Å². The number of nitrogens with two attached hydrogens (primary N) is 4. The normalized spacial score (nSPS) is 22.1. The van der Waals surface area contributed by atoms with Gasteiger partial charge in [0.1, 0.15) is 61.0 Å². The maximum atomic E-state index is 14.4. The first-order chi connectivity index (χ1) is 41.4. The molecule has 0 radical (unpaired) electrons. The molecule has 11 amide bonds. The van der Waals surface area contributed by atoms with E-state index < -0.39 is 156 Å². The molecule has 2 aromatic rings. The summed E-state index contributed by atoms with van der Waals surface area (Å²) in [5.41, 5.74) is 24.5. The molecule has 22 N–H and O–H groups in total. The van der Waals surface area contributed by atoms with Gasteiger partial charge < -0.3 is 91.1 Å². The van der Waals surface area contributed by atoms with Crippen molar-refractivity contribution in [3.8, 4) is 0 Å². The Balaban J connectivity index is 1.97. The number of carbonyl (C=O) groups excluding carboxylic acids is 12. The van der Waals surface area contributed by atoms with Crippen molar-refractivity contribution in [2.45, 2.75) is 152 Å². The molecule has 1 fully saturated rings. The molecule has 1 aliphatic rings.